The molecule has 1 aromatic heterocycles. The number of hydrogen-bond donors (Lipinski definition) is 2. The first-order chi connectivity index (χ1) is 11.6. The monoisotopic (exact) mass is 324 g/mol. The number of hydrogen-bond acceptors (Lipinski definition) is 6. The van der Waals surface area contributed by atoms with Crippen LogP contribution in [0.3, 0.4) is 0 Å². The van der Waals surface area contributed by atoms with E-state index in [0.29, 0.717) is 17.1 Å². The van der Waals surface area contributed by atoms with Gasteiger partial charge in [-0.1, -0.05) is 6.07 Å². The molecule has 0 saturated heterocycles. The maximum absolute atomic E-state index is 12.1. The Balaban J connectivity index is 1.90. The normalized spacial score (nSPS) is 10.2. The number of rotatable bonds is 7. The van der Waals surface area contributed by atoms with Crippen molar-refractivity contribution in [1.82, 2.24) is 15.1 Å². The number of nitriles is 1. The molecule has 1 aromatic carbocycles. The van der Waals surface area contributed by atoms with Crippen molar-refractivity contribution in [3.8, 4) is 6.07 Å². The molecular formula is C17H20N6O. The van der Waals surface area contributed by atoms with Gasteiger partial charge in [0.2, 0.25) is 0 Å². The Kier molecular flexibility index (Phi) is 6.23. The summed E-state index contributed by atoms with van der Waals surface area (Å²) in [5.74, 6) is 0.272. The topological polar surface area (TPSA) is 93.9 Å². The van der Waals surface area contributed by atoms with Gasteiger partial charge in [-0.25, -0.2) is 0 Å². The van der Waals surface area contributed by atoms with Gasteiger partial charge in [0.15, 0.2) is 5.69 Å². The van der Waals surface area contributed by atoms with E-state index in [2.05, 4.69) is 25.7 Å². The highest BCUT2D eigenvalue weighted by molar-refractivity contribution is 6.02. The summed E-state index contributed by atoms with van der Waals surface area (Å²) in [6, 6.07) is 12.1. The number of nitrogens with zero attached hydrogens (tertiary/aromatic N) is 4. The number of carbonyl (C=O) groups is 1. The zero-order valence-electron chi connectivity index (χ0n) is 13.8. The SMILES string of the molecule is CN(C)CCCNc1ccc(C(=O)Nc2cccc(C#N)c2)nn1. The summed E-state index contributed by atoms with van der Waals surface area (Å²) in [5, 5.41) is 22.7. The Labute approximate surface area is 141 Å². The third-order valence-corrected chi connectivity index (χ3v) is 3.23. The van der Waals surface area contributed by atoms with E-state index in [1.165, 1.54) is 0 Å². The highest BCUT2D eigenvalue weighted by Crippen LogP contribution is 2.11. The first-order valence-corrected chi connectivity index (χ1v) is 7.62. The highest BCUT2D eigenvalue weighted by atomic mass is 16.1. The van der Waals surface area contributed by atoms with Crippen molar-refractivity contribution in [2.75, 3.05) is 37.8 Å². The van der Waals surface area contributed by atoms with E-state index >= 15 is 0 Å². The smallest absolute Gasteiger partial charge is 0.276 e. The number of amides is 1. The molecule has 0 spiro atoms. The van der Waals surface area contributed by atoms with Crippen molar-refractivity contribution in [3.63, 3.8) is 0 Å². The molecule has 0 bridgehead atoms. The molecule has 0 fully saturated rings. The molecule has 0 aliphatic heterocycles. The van der Waals surface area contributed by atoms with Crippen LogP contribution in [0.2, 0.25) is 0 Å². The van der Waals surface area contributed by atoms with E-state index in [1.807, 2.05) is 20.2 Å². The molecule has 2 aromatic rings. The van der Waals surface area contributed by atoms with Gasteiger partial charge < -0.3 is 15.5 Å². The fourth-order valence-corrected chi connectivity index (χ4v) is 2.02. The lowest BCUT2D eigenvalue weighted by atomic mass is 10.2. The van der Waals surface area contributed by atoms with E-state index in [-0.39, 0.29) is 11.6 Å². The lowest BCUT2D eigenvalue weighted by Gasteiger charge is -2.10. The van der Waals surface area contributed by atoms with Crippen LogP contribution in [0.1, 0.15) is 22.5 Å². The average molecular weight is 324 g/mol. The largest absolute Gasteiger partial charge is 0.369 e. The molecule has 0 unspecified atom stereocenters. The Bertz CT molecular complexity index is 721. The van der Waals surface area contributed by atoms with E-state index in [0.717, 1.165) is 19.5 Å². The molecule has 0 atom stereocenters. The maximum atomic E-state index is 12.1. The number of benzene rings is 1. The Morgan fingerprint density at radius 1 is 1.25 bits per heavy atom. The van der Waals surface area contributed by atoms with Crippen LogP contribution in [0, 0.1) is 11.3 Å². The molecule has 2 rings (SSSR count). The van der Waals surface area contributed by atoms with Crippen LogP contribution in [-0.4, -0.2) is 48.2 Å². The highest BCUT2D eigenvalue weighted by Gasteiger charge is 2.09. The minimum Gasteiger partial charge on any atom is -0.369 e. The zero-order valence-corrected chi connectivity index (χ0v) is 13.8. The summed E-state index contributed by atoms with van der Waals surface area (Å²) >= 11 is 0. The summed E-state index contributed by atoms with van der Waals surface area (Å²) in [6.45, 7) is 1.78. The average Bonchev–Trinajstić information content (AvgIpc) is 2.59. The van der Waals surface area contributed by atoms with E-state index in [4.69, 9.17) is 5.26 Å². The molecule has 24 heavy (non-hydrogen) atoms. The second-order valence-corrected chi connectivity index (χ2v) is 5.53. The molecule has 7 heteroatoms. The van der Waals surface area contributed by atoms with Crippen molar-refractivity contribution in [1.29, 1.82) is 5.26 Å². The molecule has 0 radical (unpaired) electrons. The van der Waals surface area contributed by atoms with Crippen LogP contribution >= 0.6 is 0 Å². The number of aromatic nitrogens is 2. The molecule has 124 valence electrons. The molecular weight excluding hydrogens is 304 g/mol. The minimum atomic E-state index is -0.364. The van der Waals surface area contributed by atoms with Gasteiger partial charge in [-0.2, -0.15) is 5.26 Å². The molecule has 7 nitrogen and oxygen atoms in total. The van der Waals surface area contributed by atoms with Gasteiger partial charge >= 0.3 is 0 Å². The van der Waals surface area contributed by atoms with Crippen LogP contribution in [0.25, 0.3) is 0 Å². The van der Waals surface area contributed by atoms with E-state index < -0.39 is 0 Å². The lowest BCUT2D eigenvalue weighted by molar-refractivity contribution is 0.102. The Morgan fingerprint density at radius 2 is 2.08 bits per heavy atom. The summed E-state index contributed by atoms with van der Waals surface area (Å²) in [7, 11) is 4.05. The molecule has 0 saturated carbocycles. The summed E-state index contributed by atoms with van der Waals surface area (Å²) in [6.07, 6.45) is 0.992. The Morgan fingerprint density at radius 3 is 2.75 bits per heavy atom. The Hall–Kier alpha value is -2.98. The number of carbonyl (C=O) groups excluding carboxylic acids is 1. The van der Waals surface area contributed by atoms with E-state index in [9.17, 15) is 4.79 Å². The van der Waals surface area contributed by atoms with Crippen molar-refractivity contribution in [3.05, 3.63) is 47.7 Å². The summed E-state index contributed by atoms with van der Waals surface area (Å²) in [4.78, 5) is 14.3. The van der Waals surface area contributed by atoms with Crippen LogP contribution in [0.15, 0.2) is 36.4 Å². The van der Waals surface area contributed by atoms with Crippen molar-refractivity contribution < 1.29 is 4.79 Å². The summed E-state index contributed by atoms with van der Waals surface area (Å²) < 4.78 is 0. The maximum Gasteiger partial charge on any atom is 0.276 e. The second kappa shape index (κ2) is 8.60. The standard InChI is InChI=1S/C17H20N6O/c1-23(2)10-4-9-19-16-8-7-15(21-22-16)17(24)20-14-6-3-5-13(11-14)12-18/h3,5-8,11H,4,9-10H2,1-2H3,(H,19,22)(H,20,24). The van der Waals surface area contributed by atoms with Crippen molar-refractivity contribution in [2.45, 2.75) is 6.42 Å². The molecule has 0 aliphatic rings. The fraction of sp³-hybridized carbons (Fsp3) is 0.294. The molecule has 0 aliphatic carbocycles. The zero-order chi connectivity index (χ0) is 17.4. The second-order valence-electron chi connectivity index (χ2n) is 5.53. The number of anilines is 2. The predicted molar refractivity (Wildman–Crippen MR) is 92.8 cm³/mol. The van der Waals surface area contributed by atoms with Crippen molar-refractivity contribution in [2.24, 2.45) is 0 Å². The molecule has 1 heterocycles. The van der Waals surface area contributed by atoms with Gasteiger partial charge in [0.1, 0.15) is 5.82 Å². The lowest BCUT2D eigenvalue weighted by Crippen LogP contribution is -2.17. The first-order valence-electron chi connectivity index (χ1n) is 7.62. The predicted octanol–water partition coefficient (Wildman–Crippen LogP) is 1.96. The van der Waals surface area contributed by atoms with Crippen molar-refractivity contribution >= 4 is 17.4 Å². The van der Waals surface area contributed by atoms with Crippen LogP contribution < -0.4 is 10.6 Å². The van der Waals surface area contributed by atoms with Gasteiger partial charge in [-0.3, -0.25) is 4.79 Å². The van der Waals surface area contributed by atoms with Gasteiger partial charge in [-0.15, -0.1) is 10.2 Å². The van der Waals surface area contributed by atoms with Crippen LogP contribution in [0.5, 0.6) is 0 Å². The van der Waals surface area contributed by atoms with E-state index in [1.54, 1.807) is 36.4 Å². The number of nitrogens with one attached hydrogen (secondary N) is 2. The van der Waals surface area contributed by atoms with Gasteiger partial charge in [0, 0.05) is 12.2 Å². The van der Waals surface area contributed by atoms with Crippen LogP contribution in [-0.2, 0) is 0 Å². The summed E-state index contributed by atoms with van der Waals surface area (Å²) in [5.41, 5.74) is 1.25. The van der Waals surface area contributed by atoms with Crippen LogP contribution in [0.4, 0.5) is 11.5 Å². The third kappa shape index (κ3) is 5.34. The third-order valence-electron chi connectivity index (χ3n) is 3.23. The van der Waals surface area contributed by atoms with Gasteiger partial charge in [0.05, 0.1) is 11.6 Å². The van der Waals surface area contributed by atoms with Gasteiger partial charge in [-0.05, 0) is 57.4 Å². The first kappa shape index (κ1) is 17.4. The molecule has 2 N–H and O–H groups in total. The fourth-order valence-electron chi connectivity index (χ4n) is 2.02. The van der Waals surface area contributed by atoms with Gasteiger partial charge in [0.25, 0.3) is 5.91 Å². The minimum absolute atomic E-state index is 0.219. The quantitative estimate of drug-likeness (QED) is 0.756. The molecule has 1 amide bonds.